The summed E-state index contributed by atoms with van der Waals surface area (Å²) in [5.74, 6) is 0.0534. The second kappa shape index (κ2) is 10.4. The molecule has 136 valence electrons. The van der Waals surface area contributed by atoms with E-state index in [0.29, 0.717) is 10.3 Å². The van der Waals surface area contributed by atoms with Gasteiger partial charge in [-0.05, 0) is 64.2 Å². The fourth-order valence-corrected chi connectivity index (χ4v) is 3.47. The average Bonchev–Trinajstić information content (AvgIpc) is 2.58. The maximum atomic E-state index is 11.9. The van der Waals surface area contributed by atoms with Crippen LogP contribution in [0.2, 0.25) is 0 Å². The molecular weight excluding hydrogens is 354 g/mol. The summed E-state index contributed by atoms with van der Waals surface area (Å²) in [6.07, 6.45) is 8.29. The highest BCUT2D eigenvalue weighted by molar-refractivity contribution is 7.99. The molecule has 1 aromatic rings. The number of hydrazine groups is 1. The van der Waals surface area contributed by atoms with Gasteiger partial charge in [0.1, 0.15) is 0 Å². The minimum Gasteiger partial charge on any atom is -0.361 e. The van der Waals surface area contributed by atoms with Crippen molar-refractivity contribution in [2.75, 3.05) is 12.3 Å². The van der Waals surface area contributed by atoms with Crippen molar-refractivity contribution in [2.24, 2.45) is 0 Å². The van der Waals surface area contributed by atoms with Gasteiger partial charge in [0.15, 0.2) is 10.3 Å². The normalized spacial score (nSPS) is 13.8. The van der Waals surface area contributed by atoms with Crippen molar-refractivity contribution in [3.8, 4) is 0 Å². The number of nitrogens with zero attached hydrogens (tertiary/aromatic N) is 2. The Hall–Kier alpha value is -1.67. The van der Waals surface area contributed by atoms with Crippen LogP contribution in [0.3, 0.4) is 0 Å². The SMILES string of the molecule is Cc1cc(C)nc(SCC(=O)NNC(=S)NCCC2=CCCCC2)n1. The standard InChI is InChI=1S/C17H25N5OS2/c1-12-10-13(2)20-17(19-12)25-11-15(23)21-22-16(24)18-9-8-14-6-4-3-5-7-14/h6,10H,3-5,7-9,11H2,1-2H3,(H,21,23)(H2,18,22,24). The topological polar surface area (TPSA) is 78.9 Å². The Kier molecular flexibility index (Phi) is 8.14. The van der Waals surface area contributed by atoms with Crippen LogP contribution < -0.4 is 16.2 Å². The number of thioether (sulfide) groups is 1. The monoisotopic (exact) mass is 379 g/mol. The van der Waals surface area contributed by atoms with Crippen molar-refractivity contribution in [1.82, 2.24) is 26.1 Å². The number of amides is 1. The van der Waals surface area contributed by atoms with Crippen molar-refractivity contribution < 1.29 is 4.79 Å². The summed E-state index contributed by atoms with van der Waals surface area (Å²) in [4.78, 5) is 20.5. The minimum absolute atomic E-state index is 0.174. The van der Waals surface area contributed by atoms with Crippen molar-refractivity contribution in [1.29, 1.82) is 0 Å². The molecule has 1 aliphatic rings. The third-order valence-corrected chi connectivity index (χ3v) is 4.82. The molecule has 0 unspecified atom stereocenters. The molecule has 0 aliphatic heterocycles. The van der Waals surface area contributed by atoms with Crippen LogP contribution >= 0.6 is 24.0 Å². The number of thiocarbonyl (C=S) groups is 1. The first-order chi connectivity index (χ1) is 12.0. The third-order valence-electron chi connectivity index (χ3n) is 3.73. The molecule has 0 atom stereocenters. The number of carbonyl (C=O) groups is 1. The van der Waals surface area contributed by atoms with E-state index in [-0.39, 0.29) is 11.7 Å². The van der Waals surface area contributed by atoms with Gasteiger partial charge in [-0.15, -0.1) is 0 Å². The Labute approximate surface area is 158 Å². The molecule has 0 aromatic carbocycles. The Morgan fingerprint density at radius 1 is 1.24 bits per heavy atom. The first kappa shape index (κ1) is 19.7. The predicted octanol–water partition coefficient (Wildman–Crippen LogP) is 2.57. The second-order valence-corrected chi connectivity index (χ2v) is 7.36. The van der Waals surface area contributed by atoms with Gasteiger partial charge in [0.25, 0.3) is 0 Å². The van der Waals surface area contributed by atoms with Gasteiger partial charge in [0, 0.05) is 17.9 Å². The van der Waals surface area contributed by atoms with E-state index < -0.39 is 0 Å². The van der Waals surface area contributed by atoms with Crippen LogP contribution in [0.1, 0.15) is 43.5 Å². The number of rotatable bonds is 6. The van der Waals surface area contributed by atoms with Gasteiger partial charge < -0.3 is 5.32 Å². The fraction of sp³-hybridized carbons (Fsp3) is 0.529. The maximum Gasteiger partial charge on any atom is 0.248 e. The summed E-state index contributed by atoms with van der Waals surface area (Å²) in [5, 5.41) is 4.14. The Balaban J connectivity index is 1.60. The zero-order valence-corrected chi connectivity index (χ0v) is 16.4. The molecule has 0 radical (unpaired) electrons. The van der Waals surface area contributed by atoms with Crippen LogP contribution in [0, 0.1) is 13.8 Å². The number of aromatic nitrogens is 2. The first-order valence-corrected chi connectivity index (χ1v) is 9.88. The van der Waals surface area contributed by atoms with E-state index in [1.807, 2.05) is 19.9 Å². The molecule has 1 aromatic heterocycles. The molecule has 0 saturated carbocycles. The lowest BCUT2D eigenvalue weighted by Crippen LogP contribution is -2.47. The number of hydrogen-bond acceptors (Lipinski definition) is 5. The minimum atomic E-state index is -0.174. The van der Waals surface area contributed by atoms with Crippen molar-refractivity contribution >= 4 is 35.0 Å². The predicted molar refractivity (Wildman–Crippen MR) is 105 cm³/mol. The highest BCUT2D eigenvalue weighted by Gasteiger charge is 2.07. The maximum absolute atomic E-state index is 11.9. The molecule has 2 rings (SSSR count). The van der Waals surface area contributed by atoms with Gasteiger partial charge in [-0.25, -0.2) is 9.97 Å². The Bertz CT molecular complexity index is 628. The smallest absolute Gasteiger partial charge is 0.248 e. The molecule has 6 nitrogen and oxygen atoms in total. The molecule has 3 N–H and O–H groups in total. The van der Waals surface area contributed by atoms with Crippen molar-refractivity contribution in [2.45, 2.75) is 51.1 Å². The van der Waals surface area contributed by atoms with Crippen molar-refractivity contribution in [3.05, 3.63) is 29.1 Å². The molecule has 0 spiro atoms. The fourth-order valence-electron chi connectivity index (χ4n) is 2.56. The lowest BCUT2D eigenvalue weighted by atomic mass is 9.97. The van der Waals surface area contributed by atoms with E-state index in [2.05, 4.69) is 32.2 Å². The zero-order valence-electron chi connectivity index (χ0n) is 14.7. The molecule has 1 heterocycles. The van der Waals surface area contributed by atoms with E-state index in [4.69, 9.17) is 12.2 Å². The molecule has 1 aliphatic carbocycles. The summed E-state index contributed by atoms with van der Waals surface area (Å²) in [7, 11) is 0. The van der Waals surface area contributed by atoms with Crippen LogP contribution in [0.25, 0.3) is 0 Å². The second-order valence-electron chi connectivity index (χ2n) is 6.01. The number of hydrogen-bond donors (Lipinski definition) is 3. The van der Waals surface area contributed by atoms with Gasteiger partial charge in [0.2, 0.25) is 5.91 Å². The third kappa shape index (κ3) is 7.83. The average molecular weight is 380 g/mol. The van der Waals surface area contributed by atoms with E-state index in [1.165, 1.54) is 43.0 Å². The summed E-state index contributed by atoms with van der Waals surface area (Å²) in [6.45, 7) is 4.60. The lowest BCUT2D eigenvalue weighted by Gasteiger charge is -2.14. The molecule has 8 heteroatoms. The summed E-state index contributed by atoms with van der Waals surface area (Å²) >= 11 is 6.46. The number of aryl methyl sites for hydroxylation is 2. The van der Waals surface area contributed by atoms with Gasteiger partial charge in [-0.1, -0.05) is 23.4 Å². The number of carbonyl (C=O) groups excluding carboxylic acids is 1. The first-order valence-electron chi connectivity index (χ1n) is 8.48. The summed E-state index contributed by atoms with van der Waals surface area (Å²) < 4.78 is 0. The van der Waals surface area contributed by atoms with E-state index in [1.54, 1.807) is 0 Å². The van der Waals surface area contributed by atoms with Crippen LogP contribution in [-0.4, -0.2) is 33.3 Å². The summed E-state index contributed by atoms with van der Waals surface area (Å²) in [5.41, 5.74) is 8.60. The zero-order chi connectivity index (χ0) is 18.1. The van der Waals surface area contributed by atoms with Crippen LogP contribution in [-0.2, 0) is 4.79 Å². The Morgan fingerprint density at radius 2 is 2.00 bits per heavy atom. The van der Waals surface area contributed by atoms with E-state index in [0.717, 1.165) is 24.4 Å². The molecule has 0 saturated heterocycles. The molecular formula is C17H25N5OS2. The van der Waals surface area contributed by atoms with Gasteiger partial charge in [0.05, 0.1) is 5.75 Å². The lowest BCUT2D eigenvalue weighted by molar-refractivity contribution is -0.119. The van der Waals surface area contributed by atoms with Crippen LogP contribution in [0.4, 0.5) is 0 Å². The molecule has 25 heavy (non-hydrogen) atoms. The van der Waals surface area contributed by atoms with Gasteiger partial charge >= 0.3 is 0 Å². The Morgan fingerprint density at radius 3 is 2.68 bits per heavy atom. The highest BCUT2D eigenvalue weighted by Crippen LogP contribution is 2.19. The molecule has 1 amide bonds. The van der Waals surface area contributed by atoms with Crippen LogP contribution in [0.15, 0.2) is 22.9 Å². The van der Waals surface area contributed by atoms with Gasteiger partial charge in [-0.2, -0.15) is 0 Å². The molecule has 0 bridgehead atoms. The molecule has 0 fully saturated rings. The number of nitrogens with one attached hydrogen (secondary N) is 3. The number of allylic oxidation sites excluding steroid dienone is 1. The van der Waals surface area contributed by atoms with Crippen molar-refractivity contribution in [3.63, 3.8) is 0 Å². The highest BCUT2D eigenvalue weighted by atomic mass is 32.2. The van der Waals surface area contributed by atoms with Crippen LogP contribution in [0.5, 0.6) is 0 Å². The van der Waals surface area contributed by atoms with E-state index >= 15 is 0 Å². The van der Waals surface area contributed by atoms with E-state index in [9.17, 15) is 4.79 Å². The quantitative estimate of drug-likeness (QED) is 0.230. The largest absolute Gasteiger partial charge is 0.361 e. The summed E-state index contributed by atoms with van der Waals surface area (Å²) in [6, 6.07) is 1.90. The van der Waals surface area contributed by atoms with Gasteiger partial charge in [-0.3, -0.25) is 15.6 Å².